The Morgan fingerprint density at radius 3 is 2.71 bits per heavy atom. The van der Waals surface area contributed by atoms with Crippen LogP contribution >= 0.6 is 11.3 Å². The molecule has 1 aromatic heterocycles. The average molecular weight is 246 g/mol. The predicted molar refractivity (Wildman–Crippen MR) is 74.5 cm³/mol. The Morgan fingerprint density at radius 2 is 2.00 bits per heavy atom. The van der Waals surface area contributed by atoms with Crippen molar-refractivity contribution < 1.29 is 0 Å². The normalized spacial score (nSPS) is 10.8. The van der Waals surface area contributed by atoms with Crippen molar-refractivity contribution in [2.75, 3.05) is 7.05 Å². The molecule has 0 saturated carbocycles. The first-order valence-corrected chi connectivity index (χ1v) is 6.62. The second kappa shape index (κ2) is 4.98. The summed E-state index contributed by atoms with van der Waals surface area (Å²) in [6.07, 6.45) is 0. The molecule has 1 heterocycles. The third-order valence-electron chi connectivity index (χ3n) is 2.81. The molecule has 3 heteroatoms. The van der Waals surface area contributed by atoms with Crippen molar-refractivity contribution in [1.82, 2.24) is 10.3 Å². The first-order chi connectivity index (χ1) is 8.11. The third kappa shape index (κ3) is 2.56. The van der Waals surface area contributed by atoms with E-state index >= 15 is 0 Å². The molecule has 2 aromatic rings. The molecule has 0 aliphatic rings. The van der Waals surface area contributed by atoms with Gasteiger partial charge in [0.05, 0.1) is 10.6 Å². The summed E-state index contributed by atoms with van der Waals surface area (Å²) in [7, 11) is 1.95. The molecule has 90 valence electrons. The highest BCUT2D eigenvalue weighted by molar-refractivity contribution is 7.15. The van der Waals surface area contributed by atoms with Gasteiger partial charge in [0.2, 0.25) is 0 Å². The molecule has 0 spiro atoms. The van der Waals surface area contributed by atoms with E-state index in [4.69, 9.17) is 0 Å². The molecule has 0 amide bonds. The Morgan fingerprint density at radius 1 is 1.24 bits per heavy atom. The highest BCUT2D eigenvalue weighted by atomic mass is 32.1. The van der Waals surface area contributed by atoms with Crippen LogP contribution in [0, 0.1) is 20.8 Å². The van der Waals surface area contributed by atoms with Crippen LogP contribution in [0.4, 0.5) is 0 Å². The number of aryl methyl sites for hydroxylation is 3. The smallest absolute Gasteiger partial charge is 0.107 e. The van der Waals surface area contributed by atoms with E-state index in [1.807, 2.05) is 7.05 Å². The van der Waals surface area contributed by atoms with Gasteiger partial charge in [-0.05, 0) is 38.9 Å². The molecule has 0 aliphatic carbocycles. The van der Waals surface area contributed by atoms with Gasteiger partial charge in [-0.1, -0.05) is 23.8 Å². The second-order valence-electron chi connectivity index (χ2n) is 4.37. The second-order valence-corrected chi connectivity index (χ2v) is 5.45. The van der Waals surface area contributed by atoms with Gasteiger partial charge in [0.25, 0.3) is 0 Å². The maximum Gasteiger partial charge on any atom is 0.107 e. The Kier molecular flexibility index (Phi) is 3.60. The standard InChI is InChI=1S/C14H18N2S/c1-9-5-6-10(2)12(7-9)14-11(3)16-13(17-14)8-15-4/h5-7,15H,8H2,1-4H3. The van der Waals surface area contributed by atoms with Crippen LogP contribution in [0.2, 0.25) is 0 Å². The largest absolute Gasteiger partial charge is 0.314 e. The first kappa shape index (κ1) is 12.3. The molecule has 17 heavy (non-hydrogen) atoms. The topological polar surface area (TPSA) is 24.9 Å². The minimum atomic E-state index is 0.844. The van der Waals surface area contributed by atoms with Crippen molar-refractivity contribution in [3.63, 3.8) is 0 Å². The number of hydrogen-bond donors (Lipinski definition) is 1. The molecule has 0 bridgehead atoms. The van der Waals surface area contributed by atoms with Crippen molar-refractivity contribution in [2.24, 2.45) is 0 Å². The van der Waals surface area contributed by atoms with Crippen LogP contribution in [-0.4, -0.2) is 12.0 Å². The molecular formula is C14H18N2S. The average Bonchev–Trinajstić information content (AvgIpc) is 2.64. The minimum absolute atomic E-state index is 0.844. The lowest BCUT2D eigenvalue weighted by molar-refractivity contribution is 0.807. The lowest BCUT2D eigenvalue weighted by atomic mass is 10.0. The molecule has 0 unspecified atom stereocenters. The SMILES string of the molecule is CNCc1nc(C)c(-c2cc(C)ccc2C)s1. The number of hydrogen-bond acceptors (Lipinski definition) is 3. The third-order valence-corrected chi connectivity index (χ3v) is 4.00. The van der Waals surface area contributed by atoms with E-state index in [0.717, 1.165) is 17.2 Å². The summed E-state index contributed by atoms with van der Waals surface area (Å²) in [5.74, 6) is 0. The summed E-state index contributed by atoms with van der Waals surface area (Å²) >= 11 is 1.79. The summed E-state index contributed by atoms with van der Waals surface area (Å²) in [5, 5.41) is 4.30. The highest BCUT2D eigenvalue weighted by Crippen LogP contribution is 2.32. The quantitative estimate of drug-likeness (QED) is 0.897. The van der Waals surface area contributed by atoms with E-state index in [2.05, 4.69) is 49.3 Å². The van der Waals surface area contributed by atoms with Gasteiger partial charge in [-0.2, -0.15) is 0 Å². The molecular weight excluding hydrogens is 228 g/mol. The van der Waals surface area contributed by atoms with Crippen molar-refractivity contribution in [2.45, 2.75) is 27.3 Å². The van der Waals surface area contributed by atoms with E-state index in [9.17, 15) is 0 Å². The Bertz CT molecular complexity index is 529. The lowest BCUT2D eigenvalue weighted by Gasteiger charge is -2.05. The van der Waals surface area contributed by atoms with Gasteiger partial charge in [-0.3, -0.25) is 0 Å². The summed E-state index contributed by atoms with van der Waals surface area (Å²) in [6.45, 7) is 7.22. The maximum absolute atomic E-state index is 4.60. The van der Waals surface area contributed by atoms with Gasteiger partial charge in [-0.25, -0.2) is 4.98 Å². The maximum atomic E-state index is 4.60. The van der Waals surface area contributed by atoms with E-state index in [0.29, 0.717) is 0 Å². The molecule has 0 atom stereocenters. The summed E-state index contributed by atoms with van der Waals surface area (Å²) in [6, 6.07) is 6.59. The zero-order chi connectivity index (χ0) is 12.4. The number of thiazole rings is 1. The van der Waals surface area contributed by atoms with Crippen LogP contribution in [-0.2, 0) is 6.54 Å². The van der Waals surface area contributed by atoms with Gasteiger partial charge in [0.15, 0.2) is 0 Å². The molecule has 0 fully saturated rings. The van der Waals surface area contributed by atoms with E-state index < -0.39 is 0 Å². The van der Waals surface area contributed by atoms with Crippen molar-refractivity contribution in [3.05, 3.63) is 40.0 Å². The Labute approximate surface area is 107 Å². The van der Waals surface area contributed by atoms with Crippen LogP contribution in [0.3, 0.4) is 0 Å². The Hall–Kier alpha value is -1.19. The minimum Gasteiger partial charge on any atom is -0.314 e. The van der Waals surface area contributed by atoms with Crippen LogP contribution in [0.5, 0.6) is 0 Å². The molecule has 0 aliphatic heterocycles. The van der Waals surface area contributed by atoms with E-state index in [1.165, 1.54) is 21.6 Å². The fourth-order valence-electron chi connectivity index (χ4n) is 1.91. The van der Waals surface area contributed by atoms with Gasteiger partial charge in [0.1, 0.15) is 5.01 Å². The number of rotatable bonds is 3. The van der Waals surface area contributed by atoms with Gasteiger partial charge in [0, 0.05) is 6.54 Å². The fourth-order valence-corrected chi connectivity index (χ4v) is 3.07. The first-order valence-electron chi connectivity index (χ1n) is 5.80. The van der Waals surface area contributed by atoms with E-state index in [-0.39, 0.29) is 0 Å². The molecule has 0 radical (unpaired) electrons. The van der Waals surface area contributed by atoms with Gasteiger partial charge < -0.3 is 5.32 Å². The summed E-state index contributed by atoms with van der Waals surface area (Å²) in [4.78, 5) is 5.91. The van der Waals surface area contributed by atoms with Crippen molar-refractivity contribution in [1.29, 1.82) is 0 Å². The zero-order valence-electron chi connectivity index (χ0n) is 10.8. The van der Waals surface area contributed by atoms with Crippen LogP contribution < -0.4 is 5.32 Å². The Balaban J connectivity index is 2.48. The monoisotopic (exact) mass is 246 g/mol. The number of benzene rings is 1. The predicted octanol–water partition coefficient (Wildman–Crippen LogP) is 3.45. The molecule has 0 saturated heterocycles. The molecule has 2 nitrogen and oxygen atoms in total. The molecule has 1 N–H and O–H groups in total. The van der Waals surface area contributed by atoms with Crippen LogP contribution in [0.25, 0.3) is 10.4 Å². The van der Waals surface area contributed by atoms with Crippen LogP contribution in [0.15, 0.2) is 18.2 Å². The number of nitrogens with one attached hydrogen (secondary N) is 1. The lowest BCUT2D eigenvalue weighted by Crippen LogP contribution is -2.04. The summed E-state index contributed by atoms with van der Waals surface area (Å²) in [5.41, 5.74) is 5.07. The van der Waals surface area contributed by atoms with Crippen molar-refractivity contribution in [3.8, 4) is 10.4 Å². The highest BCUT2D eigenvalue weighted by Gasteiger charge is 2.11. The number of aromatic nitrogens is 1. The van der Waals surface area contributed by atoms with Crippen LogP contribution in [0.1, 0.15) is 21.8 Å². The van der Waals surface area contributed by atoms with Crippen molar-refractivity contribution >= 4 is 11.3 Å². The molecule has 1 aromatic carbocycles. The van der Waals surface area contributed by atoms with E-state index in [1.54, 1.807) is 11.3 Å². The summed E-state index contributed by atoms with van der Waals surface area (Å²) < 4.78 is 0. The zero-order valence-corrected chi connectivity index (χ0v) is 11.6. The van der Waals surface area contributed by atoms with Gasteiger partial charge in [-0.15, -0.1) is 11.3 Å². The van der Waals surface area contributed by atoms with Gasteiger partial charge >= 0.3 is 0 Å². The number of nitrogens with zero attached hydrogens (tertiary/aromatic N) is 1. The molecule has 2 rings (SSSR count). The fraction of sp³-hybridized carbons (Fsp3) is 0.357.